The zero-order chi connectivity index (χ0) is 15.0. The number of hydrogen-bond donors (Lipinski definition) is 1. The Morgan fingerprint density at radius 2 is 1.95 bits per heavy atom. The molecule has 6 heteroatoms. The molecule has 0 bridgehead atoms. The fraction of sp³-hybridized carbons (Fsp3) is 0.400. The first-order valence-corrected chi connectivity index (χ1v) is 7.55. The van der Waals surface area contributed by atoms with Crippen LogP contribution < -0.4 is 0 Å². The Kier molecular flexibility index (Phi) is 3.75. The van der Waals surface area contributed by atoms with Crippen molar-refractivity contribution in [2.24, 2.45) is 0 Å². The Morgan fingerprint density at radius 1 is 1.24 bits per heavy atom. The molecule has 3 rings (SSSR count). The second-order valence-electron chi connectivity index (χ2n) is 5.25. The molecule has 0 fully saturated rings. The Hall–Kier alpha value is -1.40. The van der Waals surface area contributed by atoms with Crippen molar-refractivity contribution in [2.75, 3.05) is 0 Å². The lowest BCUT2D eigenvalue weighted by molar-refractivity contribution is -0.137. The molecule has 2 nitrogen and oxygen atoms in total. The van der Waals surface area contributed by atoms with Gasteiger partial charge in [-0.05, 0) is 30.5 Å². The van der Waals surface area contributed by atoms with E-state index in [1.54, 1.807) is 11.3 Å². The van der Waals surface area contributed by atoms with Crippen LogP contribution in [-0.2, 0) is 25.4 Å². The number of thiazole rings is 1. The summed E-state index contributed by atoms with van der Waals surface area (Å²) in [6.45, 7) is 0. The van der Waals surface area contributed by atoms with Crippen LogP contribution in [0.15, 0.2) is 24.3 Å². The molecule has 1 atom stereocenters. The topological polar surface area (TPSA) is 33.1 Å². The zero-order valence-electron chi connectivity index (χ0n) is 11.2. The van der Waals surface area contributed by atoms with Crippen LogP contribution >= 0.6 is 11.3 Å². The molecule has 1 unspecified atom stereocenters. The van der Waals surface area contributed by atoms with Gasteiger partial charge in [-0.2, -0.15) is 13.2 Å². The van der Waals surface area contributed by atoms with Crippen LogP contribution in [0.2, 0.25) is 0 Å². The lowest BCUT2D eigenvalue weighted by Gasteiger charge is -2.14. The SMILES string of the molecule is OC1CCc2nc(Cc3ccc(C(F)(F)F)cc3)sc2C1. The van der Waals surface area contributed by atoms with Crippen molar-refractivity contribution in [3.63, 3.8) is 0 Å². The Balaban J connectivity index is 1.75. The van der Waals surface area contributed by atoms with E-state index in [2.05, 4.69) is 4.98 Å². The van der Waals surface area contributed by atoms with Gasteiger partial charge < -0.3 is 5.11 Å². The molecule has 1 N–H and O–H groups in total. The molecule has 0 saturated heterocycles. The maximum absolute atomic E-state index is 12.5. The van der Waals surface area contributed by atoms with Crippen LogP contribution in [0.3, 0.4) is 0 Å². The molecule has 0 radical (unpaired) electrons. The number of aliphatic hydroxyl groups is 1. The Labute approximate surface area is 124 Å². The predicted molar refractivity (Wildman–Crippen MR) is 74.4 cm³/mol. The minimum Gasteiger partial charge on any atom is -0.393 e. The van der Waals surface area contributed by atoms with Gasteiger partial charge >= 0.3 is 6.18 Å². The van der Waals surface area contributed by atoms with Crippen LogP contribution in [0, 0.1) is 0 Å². The summed E-state index contributed by atoms with van der Waals surface area (Å²) in [7, 11) is 0. The highest BCUT2D eigenvalue weighted by molar-refractivity contribution is 7.11. The summed E-state index contributed by atoms with van der Waals surface area (Å²) in [6.07, 6.45) is -1.91. The fourth-order valence-electron chi connectivity index (χ4n) is 2.47. The van der Waals surface area contributed by atoms with Gasteiger partial charge in [0.2, 0.25) is 0 Å². The molecule has 1 aliphatic carbocycles. The summed E-state index contributed by atoms with van der Waals surface area (Å²) in [6, 6.07) is 5.20. The van der Waals surface area contributed by atoms with E-state index in [4.69, 9.17) is 0 Å². The highest BCUT2D eigenvalue weighted by Gasteiger charge is 2.30. The van der Waals surface area contributed by atoms with Gasteiger partial charge in [-0.1, -0.05) is 12.1 Å². The number of aromatic nitrogens is 1. The largest absolute Gasteiger partial charge is 0.416 e. The first kappa shape index (κ1) is 14.5. The number of fused-ring (bicyclic) bond motifs is 1. The quantitative estimate of drug-likeness (QED) is 0.919. The van der Waals surface area contributed by atoms with Crippen LogP contribution in [-0.4, -0.2) is 16.2 Å². The fourth-order valence-corrected chi connectivity index (χ4v) is 3.69. The van der Waals surface area contributed by atoms with Gasteiger partial charge in [-0.25, -0.2) is 4.98 Å². The molecular weight excluding hydrogens is 299 g/mol. The summed E-state index contributed by atoms with van der Waals surface area (Å²) in [5.41, 5.74) is 1.22. The molecule has 0 saturated carbocycles. The summed E-state index contributed by atoms with van der Waals surface area (Å²) in [5.74, 6) is 0. The standard InChI is InChI=1S/C15H14F3NOS/c16-15(17,18)10-3-1-9(2-4-10)7-14-19-12-6-5-11(20)8-13(12)21-14/h1-4,11,20H,5-8H2. The summed E-state index contributed by atoms with van der Waals surface area (Å²) < 4.78 is 37.5. The zero-order valence-corrected chi connectivity index (χ0v) is 12.0. The molecule has 112 valence electrons. The second-order valence-corrected chi connectivity index (χ2v) is 6.41. The predicted octanol–water partition coefficient (Wildman–Crippen LogP) is 3.60. The van der Waals surface area contributed by atoms with Gasteiger partial charge in [0, 0.05) is 17.7 Å². The van der Waals surface area contributed by atoms with E-state index in [1.165, 1.54) is 12.1 Å². The maximum atomic E-state index is 12.5. The van der Waals surface area contributed by atoms with Gasteiger partial charge in [-0.3, -0.25) is 0 Å². The molecule has 21 heavy (non-hydrogen) atoms. The summed E-state index contributed by atoms with van der Waals surface area (Å²) in [4.78, 5) is 5.64. The monoisotopic (exact) mass is 313 g/mol. The van der Waals surface area contributed by atoms with E-state index in [1.807, 2.05) is 0 Å². The van der Waals surface area contributed by atoms with Crippen molar-refractivity contribution >= 4 is 11.3 Å². The highest BCUT2D eigenvalue weighted by atomic mass is 32.1. The molecule has 0 aliphatic heterocycles. The Bertz CT molecular complexity index is 633. The number of aryl methyl sites for hydroxylation is 1. The van der Waals surface area contributed by atoms with Crippen molar-refractivity contribution in [2.45, 2.75) is 38.0 Å². The van der Waals surface area contributed by atoms with Crippen LogP contribution in [0.25, 0.3) is 0 Å². The molecule has 1 aliphatic rings. The van der Waals surface area contributed by atoms with Gasteiger partial charge in [0.1, 0.15) is 0 Å². The molecule has 0 amide bonds. The normalized spacial score (nSPS) is 18.6. The second kappa shape index (κ2) is 5.42. The molecule has 1 heterocycles. The van der Waals surface area contributed by atoms with Crippen molar-refractivity contribution in [3.05, 3.63) is 51.0 Å². The minimum absolute atomic E-state index is 0.295. The molecule has 1 aromatic heterocycles. The third kappa shape index (κ3) is 3.27. The molecule has 2 aromatic rings. The summed E-state index contributed by atoms with van der Waals surface area (Å²) in [5, 5.41) is 10.5. The number of halogens is 3. The lowest BCUT2D eigenvalue weighted by atomic mass is 10.0. The molecule has 1 aromatic carbocycles. The Morgan fingerprint density at radius 3 is 2.62 bits per heavy atom. The summed E-state index contributed by atoms with van der Waals surface area (Å²) >= 11 is 1.55. The smallest absolute Gasteiger partial charge is 0.393 e. The minimum atomic E-state index is -4.30. The number of benzene rings is 1. The average Bonchev–Trinajstić information content (AvgIpc) is 2.79. The number of hydrogen-bond acceptors (Lipinski definition) is 3. The van der Waals surface area contributed by atoms with E-state index in [0.717, 1.165) is 46.1 Å². The first-order valence-electron chi connectivity index (χ1n) is 6.73. The van der Waals surface area contributed by atoms with Crippen LogP contribution in [0.5, 0.6) is 0 Å². The van der Waals surface area contributed by atoms with Gasteiger partial charge in [0.15, 0.2) is 0 Å². The van der Waals surface area contributed by atoms with Crippen molar-refractivity contribution < 1.29 is 18.3 Å². The number of aliphatic hydroxyl groups excluding tert-OH is 1. The van der Waals surface area contributed by atoms with Gasteiger partial charge in [0.25, 0.3) is 0 Å². The van der Waals surface area contributed by atoms with E-state index in [9.17, 15) is 18.3 Å². The molecule has 0 spiro atoms. The lowest BCUT2D eigenvalue weighted by Crippen LogP contribution is -2.17. The number of alkyl halides is 3. The maximum Gasteiger partial charge on any atom is 0.416 e. The van der Waals surface area contributed by atoms with Crippen LogP contribution in [0.1, 0.15) is 33.1 Å². The number of rotatable bonds is 2. The van der Waals surface area contributed by atoms with Crippen molar-refractivity contribution in [3.8, 4) is 0 Å². The van der Waals surface area contributed by atoms with Crippen LogP contribution in [0.4, 0.5) is 13.2 Å². The van der Waals surface area contributed by atoms with Gasteiger partial charge in [0.05, 0.1) is 22.4 Å². The first-order chi connectivity index (χ1) is 9.91. The van der Waals surface area contributed by atoms with Crippen molar-refractivity contribution in [1.29, 1.82) is 0 Å². The average molecular weight is 313 g/mol. The van der Waals surface area contributed by atoms with Gasteiger partial charge in [-0.15, -0.1) is 11.3 Å². The van der Waals surface area contributed by atoms with E-state index in [0.29, 0.717) is 12.8 Å². The van der Waals surface area contributed by atoms with Crippen molar-refractivity contribution in [1.82, 2.24) is 4.98 Å². The number of nitrogens with zero attached hydrogens (tertiary/aromatic N) is 1. The highest BCUT2D eigenvalue weighted by Crippen LogP contribution is 2.31. The third-order valence-electron chi connectivity index (χ3n) is 3.59. The van der Waals surface area contributed by atoms with E-state index >= 15 is 0 Å². The third-order valence-corrected chi connectivity index (χ3v) is 4.71. The van der Waals surface area contributed by atoms with E-state index in [-0.39, 0.29) is 6.10 Å². The van der Waals surface area contributed by atoms with E-state index < -0.39 is 11.7 Å². The molecular formula is C15H14F3NOS.